The summed E-state index contributed by atoms with van der Waals surface area (Å²) in [4.78, 5) is 24.4. The molecule has 8 heteroatoms. The standard InChI is InChI=1S/C15H15N5O3/c1-8-4-6-10(7-5-8)12-11(9(2)21)13(14(22)23-3)20-15(16-12)17-18-19-20/h4-7,12H,1-3H3,(H,16,17,19)/t12-/m0/s1. The molecular weight excluding hydrogens is 298 g/mol. The zero-order chi connectivity index (χ0) is 16.6. The van der Waals surface area contributed by atoms with E-state index in [1.807, 2.05) is 31.2 Å². The molecule has 0 amide bonds. The predicted octanol–water partition coefficient (Wildman–Crippen LogP) is 1.12. The quantitative estimate of drug-likeness (QED) is 0.848. The molecule has 0 aliphatic carbocycles. The van der Waals surface area contributed by atoms with Crippen LogP contribution in [0.3, 0.4) is 0 Å². The highest BCUT2D eigenvalue weighted by Crippen LogP contribution is 2.35. The Kier molecular flexibility index (Phi) is 3.65. The van der Waals surface area contributed by atoms with Crippen LogP contribution < -0.4 is 5.32 Å². The van der Waals surface area contributed by atoms with Crippen molar-refractivity contribution in [2.45, 2.75) is 19.9 Å². The maximum atomic E-state index is 12.2. The van der Waals surface area contributed by atoms with Gasteiger partial charge in [-0.15, -0.1) is 0 Å². The largest absolute Gasteiger partial charge is 0.464 e. The molecule has 0 saturated heterocycles. The van der Waals surface area contributed by atoms with Crippen LogP contribution in [0.25, 0.3) is 5.70 Å². The lowest BCUT2D eigenvalue weighted by Crippen LogP contribution is -2.30. The number of aromatic nitrogens is 4. The van der Waals surface area contributed by atoms with Crippen LogP contribution in [-0.4, -0.2) is 39.1 Å². The number of nitrogens with one attached hydrogen (secondary N) is 1. The number of carbonyl (C=O) groups excluding carboxylic acids is 2. The molecule has 23 heavy (non-hydrogen) atoms. The Hall–Kier alpha value is -3.03. The molecule has 3 rings (SSSR count). The maximum Gasteiger partial charge on any atom is 0.357 e. The summed E-state index contributed by atoms with van der Waals surface area (Å²) in [6.45, 7) is 3.37. The first-order chi connectivity index (χ1) is 11.0. The molecule has 0 saturated carbocycles. The van der Waals surface area contributed by atoms with E-state index < -0.39 is 12.0 Å². The van der Waals surface area contributed by atoms with Crippen molar-refractivity contribution in [3.63, 3.8) is 0 Å². The Morgan fingerprint density at radius 3 is 2.57 bits per heavy atom. The van der Waals surface area contributed by atoms with E-state index in [1.165, 1.54) is 18.7 Å². The summed E-state index contributed by atoms with van der Waals surface area (Å²) in [5.41, 5.74) is 2.22. The van der Waals surface area contributed by atoms with Gasteiger partial charge in [0, 0.05) is 0 Å². The summed E-state index contributed by atoms with van der Waals surface area (Å²) in [5.74, 6) is -0.645. The van der Waals surface area contributed by atoms with Crippen LogP contribution in [0.4, 0.5) is 5.95 Å². The number of hydrogen-bond donors (Lipinski definition) is 1. The van der Waals surface area contributed by atoms with Gasteiger partial charge in [-0.2, -0.15) is 4.68 Å². The summed E-state index contributed by atoms with van der Waals surface area (Å²) in [5, 5.41) is 14.3. The van der Waals surface area contributed by atoms with Gasteiger partial charge in [0.15, 0.2) is 11.5 Å². The smallest absolute Gasteiger partial charge is 0.357 e. The first kappa shape index (κ1) is 14.9. The van der Waals surface area contributed by atoms with E-state index in [2.05, 4.69) is 20.8 Å². The van der Waals surface area contributed by atoms with E-state index in [0.29, 0.717) is 0 Å². The number of anilines is 1. The summed E-state index contributed by atoms with van der Waals surface area (Å²) in [6.07, 6.45) is 0. The third-order valence-corrected chi connectivity index (χ3v) is 3.67. The fourth-order valence-corrected chi connectivity index (χ4v) is 2.55. The second kappa shape index (κ2) is 5.64. The number of Topliss-reactive ketones (excluding diaryl/α,β-unsaturated/α-hetero) is 1. The van der Waals surface area contributed by atoms with Crippen molar-refractivity contribution in [2.24, 2.45) is 0 Å². The average Bonchev–Trinajstić information content (AvgIpc) is 3.01. The van der Waals surface area contributed by atoms with E-state index in [4.69, 9.17) is 4.74 Å². The van der Waals surface area contributed by atoms with Gasteiger partial charge in [-0.25, -0.2) is 4.79 Å². The fraction of sp³-hybridized carbons (Fsp3) is 0.267. The molecule has 0 fully saturated rings. The Morgan fingerprint density at radius 2 is 1.96 bits per heavy atom. The van der Waals surface area contributed by atoms with E-state index >= 15 is 0 Å². The zero-order valence-corrected chi connectivity index (χ0v) is 12.9. The van der Waals surface area contributed by atoms with Gasteiger partial charge in [0.1, 0.15) is 0 Å². The lowest BCUT2D eigenvalue weighted by atomic mass is 9.92. The lowest BCUT2D eigenvalue weighted by Gasteiger charge is -2.27. The number of carbonyl (C=O) groups is 2. The third-order valence-electron chi connectivity index (χ3n) is 3.67. The fourth-order valence-electron chi connectivity index (χ4n) is 2.55. The number of ketones is 1. The maximum absolute atomic E-state index is 12.2. The van der Waals surface area contributed by atoms with Crippen LogP contribution in [-0.2, 0) is 14.3 Å². The Balaban J connectivity index is 2.22. The molecule has 0 spiro atoms. The molecule has 1 aromatic heterocycles. The minimum atomic E-state index is -0.664. The SMILES string of the molecule is COC(=O)C1=C(C(C)=O)[C@H](c2ccc(C)cc2)Nc2nnnn21. The normalized spacial score (nSPS) is 16.6. The molecule has 1 aromatic carbocycles. The van der Waals surface area contributed by atoms with Crippen molar-refractivity contribution >= 4 is 23.4 Å². The van der Waals surface area contributed by atoms with Crippen molar-refractivity contribution in [1.82, 2.24) is 20.2 Å². The number of fused-ring (bicyclic) bond motifs is 1. The predicted molar refractivity (Wildman–Crippen MR) is 81.3 cm³/mol. The van der Waals surface area contributed by atoms with E-state index in [-0.39, 0.29) is 23.0 Å². The number of hydrogen-bond acceptors (Lipinski definition) is 7. The summed E-state index contributed by atoms with van der Waals surface area (Å²) in [7, 11) is 1.25. The molecule has 2 aromatic rings. The number of benzene rings is 1. The van der Waals surface area contributed by atoms with Gasteiger partial charge in [0.2, 0.25) is 5.95 Å². The topological polar surface area (TPSA) is 99.0 Å². The molecule has 8 nitrogen and oxygen atoms in total. The molecule has 0 bridgehead atoms. The van der Waals surface area contributed by atoms with E-state index in [9.17, 15) is 9.59 Å². The third kappa shape index (κ3) is 2.48. The van der Waals surface area contributed by atoms with Gasteiger partial charge in [-0.1, -0.05) is 34.9 Å². The first-order valence-electron chi connectivity index (χ1n) is 6.98. The van der Waals surface area contributed by atoms with Crippen LogP contribution in [0.1, 0.15) is 24.1 Å². The second-order valence-corrected chi connectivity index (χ2v) is 5.21. The van der Waals surface area contributed by atoms with E-state index in [0.717, 1.165) is 11.1 Å². The van der Waals surface area contributed by atoms with Crippen LogP contribution in [0, 0.1) is 6.92 Å². The van der Waals surface area contributed by atoms with Gasteiger partial charge in [-0.3, -0.25) is 4.79 Å². The van der Waals surface area contributed by atoms with Crippen LogP contribution in [0.2, 0.25) is 0 Å². The highest BCUT2D eigenvalue weighted by molar-refractivity contribution is 6.20. The highest BCUT2D eigenvalue weighted by Gasteiger charge is 2.36. The summed E-state index contributed by atoms with van der Waals surface area (Å²) < 4.78 is 5.99. The number of aryl methyl sites for hydroxylation is 1. The number of methoxy groups -OCH3 is 1. The minimum absolute atomic E-state index is 0.0318. The van der Waals surface area contributed by atoms with Crippen molar-refractivity contribution in [3.05, 3.63) is 41.0 Å². The van der Waals surface area contributed by atoms with Gasteiger partial charge >= 0.3 is 5.97 Å². The molecule has 1 aliphatic heterocycles. The summed E-state index contributed by atoms with van der Waals surface area (Å²) in [6, 6.07) is 7.13. The molecule has 1 N–H and O–H groups in total. The number of nitrogens with zero attached hydrogens (tertiary/aromatic N) is 4. The van der Waals surface area contributed by atoms with Crippen LogP contribution in [0.5, 0.6) is 0 Å². The van der Waals surface area contributed by atoms with Crippen LogP contribution >= 0.6 is 0 Å². The zero-order valence-electron chi connectivity index (χ0n) is 12.9. The highest BCUT2D eigenvalue weighted by atomic mass is 16.5. The average molecular weight is 313 g/mol. The molecule has 0 unspecified atom stereocenters. The van der Waals surface area contributed by atoms with Crippen molar-refractivity contribution in [3.8, 4) is 0 Å². The Bertz CT molecular complexity index is 807. The molecule has 118 valence electrons. The number of esters is 1. The molecule has 1 atom stereocenters. The number of tetrazole rings is 1. The van der Waals surface area contributed by atoms with Gasteiger partial charge in [0.05, 0.1) is 18.7 Å². The lowest BCUT2D eigenvalue weighted by molar-refractivity contribution is -0.134. The van der Waals surface area contributed by atoms with Crippen molar-refractivity contribution in [2.75, 3.05) is 12.4 Å². The molecule has 0 radical (unpaired) electrons. The van der Waals surface area contributed by atoms with Gasteiger partial charge in [0.25, 0.3) is 0 Å². The monoisotopic (exact) mass is 313 g/mol. The van der Waals surface area contributed by atoms with E-state index in [1.54, 1.807) is 0 Å². The van der Waals surface area contributed by atoms with Gasteiger partial charge < -0.3 is 10.1 Å². The number of ether oxygens (including phenoxy) is 1. The molecule has 2 heterocycles. The molecule has 1 aliphatic rings. The summed E-state index contributed by atoms with van der Waals surface area (Å²) >= 11 is 0. The minimum Gasteiger partial charge on any atom is -0.464 e. The van der Waals surface area contributed by atoms with Crippen molar-refractivity contribution < 1.29 is 14.3 Å². The number of rotatable bonds is 3. The second-order valence-electron chi connectivity index (χ2n) is 5.21. The Labute approximate surface area is 132 Å². The molecular formula is C15H15N5O3. The van der Waals surface area contributed by atoms with Gasteiger partial charge in [-0.05, 0) is 29.8 Å². The van der Waals surface area contributed by atoms with Crippen molar-refractivity contribution in [1.29, 1.82) is 0 Å². The first-order valence-corrected chi connectivity index (χ1v) is 6.98. The van der Waals surface area contributed by atoms with Crippen LogP contribution in [0.15, 0.2) is 29.8 Å². The Morgan fingerprint density at radius 1 is 1.26 bits per heavy atom.